The summed E-state index contributed by atoms with van der Waals surface area (Å²) in [6, 6.07) is 9.69. The second-order valence-corrected chi connectivity index (χ2v) is 5.79. The molecule has 1 aromatic heterocycles. The minimum Gasteiger partial charge on any atom is -0.492 e. The summed E-state index contributed by atoms with van der Waals surface area (Å²) in [5, 5.41) is 3.40. The number of rotatable bonds is 6. The topological polar surface area (TPSA) is 51.4 Å². The summed E-state index contributed by atoms with van der Waals surface area (Å²) in [7, 11) is 0. The Morgan fingerprint density at radius 1 is 1.25 bits per heavy atom. The minimum absolute atomic E-state index is 0.183. The van der Waals surface area contributed by atoms with Gasteiger partial charge in [0.2, 0.25) is 5.89 Å². The molecule has 0 N–H and O–H groups in total. The first-order chi connectivity index (χ1) is 11.5. The van der Waals surface area contributed by atoms with Crippen molar-refractivity contribution >= 4 is 0 Å². The Kier molecular flexibility index (Phi) is 5.03. The van der Waals surface area contributed by atoms with Crippen molar-refractivity contribution in [3.8, 4) is 5.75 Å². The molecule has 0 amide bonds. The summed E-state index contributed by atoms with van der Waals surface area (Å²) in [5.74, 6) is 0.684. The van der Waals surface area contributed by atoms with Crippen molar-refractivity contribution in [3.05, 3.63) is 42.0 Å². The van der Waals surface area contributed by atoms with Gasteiger partial charge >= 0.3 is 6.18 Å². The molecule has 1 aliphatic heterocycles. The Balaban J connectivity index is 1.54. The highest BCUT2D eigenvalue weighted by Crippen LogP contribution is 2.22. The molecule has 3 rings (SSSR count). The van der Waals surface area contributed by atoms with E-state index in [1.165, 1.54) is 0 Å². The number of hydrogen-bond donors (Lipinski definition) is 0. The molecule has 1 saturated heterocycles. The molecular weight excluding hydrogens is 323 g/mol. The van der Waals surface area contributed by atoms with E-state index in [9.17, 15) is 13.2 Å². The lowest BCUT2D eigenvalue weighted by molar-refractivity contribution is -0.128. The average Bonchev–Trinajstić information content (AvgIpc) is 3.15. The molecule has 0 saturated carbocycles. The van der Waals surface area contributed by atoms with Gasteiger partial charge in [-0.05, 0) is 31.5 Å². The third-order valence-electron chi connectivity index (χ3n) is 3.89. The van der Waals surface area contributed by atoms with Crippen LogP contribution in [0.15, 0.2) is 34.9 Å². The van der Waals surface area contributed by atoms with Gasteiger partial charge in [0.25, 0.3) is 0 Å². The van der Waals surface area contributed by atoms with E-state index in [-0.39, 0.29) is 17.8 Å². The lowest BCUT2D eigenvalue weighted by Crippen LogP contribution is -2.33. The van der Waals surface area contributed by atoms with Gasteiger partial charge in [-0.1, -0.05) is 23.4 Å². The van der Waals surface area contributed by atoms with Crippen molar-refractivity contribution in [1.82, 2.24) is 15.0 Å². The van der Waals surface area contributed by atoms with Gasteiger partial charge in [0.15, 0.2) is 5.82 Å². The van der Waals surface area contributed by atoms with Crippen molar-refractivity contribution in [2.45, 2.75) is 38.0 Å². The molecule has 0 radical (unpaired) electrons. The number of nitrogens with zero attached hydrogens (tertiary/aromatic N) is 3. The van der Waals surface area contributed by atoms with Crippen molar-refractivity contribution in [2.75, 3.05) is 13.2 Å². The third kappa shape index (κ3) is 4.70. The molecular formula is C16H18F3N3O2. The van der Waals surface area contributed by atoms with Gasteiger partial charge in [-0.2, -0.15) is 18.2 Å². The molecule has 1 atom stereocenters. The van der Waals surface area contributed by atoms with Crippen molar-refractivity contribution in [2.24, 2.45) is 0 Å². The fourth-order valence-electron chi connectivity index (χ4n) is 2.78. The number of ether oxygens (including phenoxy) is 1. The first kappa shape index (κ1) is 16.8. The summed E-state index contributed by atoms with van der Waals surface area (Å²) in [6.45, 7) is 1.70. The lowest BCUT2D eigenvalue weighted by Gasteiger charge is -2.22. The minimum atomic E-state index is -4.33. The fraction of sp³-hybridized carbons (Fsp3) is 0.500. The van der Waals surface area contributed by atoms with Crippen LogP contribution in [0.5, 0.6) is 5.75 Å². The summed E-state index contributed by atoms with van der Waals surface area (Å²) >= 11 is 0. The van der Waals surface area contributed by atoms with Crippen LogP contribution in [0, 0.1) is 0 Å². The number of alkyl halides is 3. The molecule has 1 aliphatic rings. The van der Waals surface area contributed by atoms with Crippen molar-refractivity contribution < 1.29 is 22.4 Å². The predicted molar refractivity (Wildman–Crippen MR) is 79.4 cm³/mol. The smallest absolute Gasteiger partial charge is 0.396 e. The summed E-state index contributed by atoms with van der Waals surface area (Å²) < 4.78 is 47.7. The van der Waals surface area contributed by atoms with Crippen LogP contribution >= 0.6 is 0 Å². The van der Waals surface area contributed by atoms with Crippen LogP contribution in [0.2, 0.25) is 0 Å². The van der Waals surface area contributed by atoms with Crippen LogP contribution < -0.4 is 4.74 Å². The molecule has 0 spiro atoms. The van der Waals surface area contributed by atoms with E-state index in [0.717, 1.165) is 25.1 Å². The maximum absolute atomic E-state index is 12.3. The van der Waals surface area contributed by atoms with E-state index in [0.29, 0.717) is 13.2 Å². The molecule has 5 nitrogen and oxygen atoms in total. The van der Waals surface area contributed by atoms with Crippen LogP contribution in [0.1, 0.15) is 24.6 Å². The van der Waals surface area contributed by atoms with Crippen molar-refractivity contribution in [1.29, 1.82) is 0 Å². The monoisotopic (exact) mass is 341 g/mol. The predicted octanol–water partition coefficient (Wildman–Crippen LogP) is 3.22. The zero-order valence-electron chi connectivity index (χ0n) is 13.0. The van der Waals surface area contributed by atoms with Gasteiger partial charge in [-0.3, -0.25) is 4.90 Å². The highest BCUT2D eigenvalue weighted by molar-refractivity contribution is 5.21. The van der Waals surface area contributed by atoms with Gasteiger partial charge < -0.3 is 9.26 Å². The lowest BCUT2D eigenvalue weighted by atomic mass is 10.2. The van der Waals surface area contributed by atoms with Gasteiger partial charge in [0.1, 0.15) is 18.8 Å². The zero-order chi connectivity index (χ0) is 17.0. The molecule has 130 valence electrons. The summed E-state index contributed by atoms with van der Waals surface area (Å²) in [5.41, 5.74) is 0. The molecule has 0 aliphatic carbocycles. The number of hydrogen-bond acceptors (Lipinski definition) is 5. The van der Waals surface area contributed by atoms with E-state index >= 15 is 0 Å². The second-order valence-electron chi connectivity index (χ2n) is 5.79. The Morgan fingerprint density at radius 3 is 2.79 bits per heavy atom. The van der Waals surface area contributed by atoms with E-state index in [2.05, 4.69) is 15.0 Å². The maximum atomic E-state index is 12.3. The fourth-order valence-corrected chi connectivity index (χ4v) is 2.78. The molecule has 24 heavy (non-hydrogen) atoms. The highest BCUT2D eigenvalue weighted by Gasteiger charge is 2.31. The van der Waals surface area contributed by atoms with Crippen LogP contribution in [0.4, 0.5) is 13.2 Å². The van der Waals surface area contributed by atoms with Crippen LogP contribution in [-0.4, -0.2) is 40.4 Å². The quantitative estimate of drug-likeness (QED) is 0.807. The van der Waals surface area contributed by atoms with Crippen LogP contribution in [0.3, 0.4) is 0 Å². The Morgan fingerprint density at radius 2 is 2.04 bits per heavy atom. The first-order valence-corrected chi connectivity index (χ1v) is 7.80. The first-order valence-electron chi connectivity index (χ1n) is 7.80. The molecule has 1 aromatic carbocycles. The maximum Gasteiger partial charge on any atom is 0.396 e. The van der Waals surface area contributed by atoms with E-state index < -0.39 is 12.6 Å². The van der Waals surface area contributed by atoms with Crippen molar-refractivity contribution in [3.63, 3.8) is 0 Å². The molecule has 1 fully saturated rings. The molecule has 2 aromatic rings. The molecule has 0 unspecified atom stereocenters. The number of benzene rings is 1. The van der Waals surface area contributed by atoms with E-state index in [1.807, 2.05) is 30.3 Å². The Bertz CT molecular complexity index is 646. The molecule has 2 heterocycles. The molecule has 0 bridgehead atoms. The second kappa shape index (κ2) is 7.21. The van der Waals surface area contributed by atoms with Crippen LogP contribution in [0.25, 0.3) is 0 Å². The van der Waals surface area contributed by atoms with E-state index in [1.54, 1.807) is 0 Å². The number of aromatic nitrogens is 2. The Labute approximate surface area is 137 Å². The Hall–Kier alpha value is -2.09. The van der Waals surface area contributed by atoms with Gasteiger partial charge in [0, 0.05) is 6.04 Å². The zero-order valence-corrected chi connectivity index (χ0v) is 13.0. The van der Waals surface area contributed by atoms with Gasteiger partial charge in [-0.15, -0.1) is 0 Å². The summed E-state index contributed by atoms with van der Waals surface area (Å²) in [4.78, 5) is 5.94. The average molecular weight is 341 g/mol. The number of halogens is 3. The summed E-state index contributed by atoms with van der Waals surface area (Å²) in [6.07, 6.45) is -3.53. The largest absolute Gasteiger partial charge is 0.492 e. The van der Waals surface area contributed by atoms with Crippen LogP contribution in [-0.2, 0) is 13.0 Å². The third-order valence-corrected chi connectivity index (χ3v) is 3.89. The number of likely N-dealkylation sites (tertiary alicyclic amines) is 1. The van der Waals surface area contributed by atoms with E-state index in [4.69, 9.17) is 9.26 Å². The van der Waals surface area contributed by atoms with Gasteiger partial charge in [-0.25, -0.2) is 0 Å². The SMILES string of the molecule is FC(F)(F)Cc1noc(CN2CCC[C@H]2COc2ccccc2)n1. The molecule has 8 heteroatoms. The van der Waals surface area contributed by atoms with Gasteiger partial charge in [0.05, 0.1) is 6.54 Å². The normalized spacial score (nSPS) is 18.9. The number of para-hydroxylation sites is 1. The standard InChI is InChI=1S/C16H18F3N3O2/c17-16(18,19)9-14-20-15(24-21-14)10-22-8-4-5-12(22)11-23-13-6-2-1-3-7-13/h1-3,6-7,12H,4-5,8-11H2/t12-/m0/s1. The highest BCUT2D eigenvalue weighted by atomic mass is 19.4.